The smallest absolute Gasteiger partial charge is 0.256 e. The van der Waals surface area contributed by atoms with Gasteiger partial charge in [0.15, 0.2) is 0 Å². The minimum atomic E-state index is -0.864. The normalized spacial score (nSPS) is 21.2. The van der Waals surface area contributed by atoms with Crippen molar-refractivity contribution in [2.75, 3.05) is 32.8 Å². The van der Waals surface area contributed by atoms with Crippen LogP contribution >= 0.6 is 0 Å². The summed E-state index contributed by atoms with van der Waals surface area (Å²) in [5.41, 5.74) is -0.143. The first-order valence-corrected chi connectivity index (χ1v) is 8.18. The van der Waals surface area contributed by atoms with Crippen LogP contribution in [0, 0.1) is 11.6 Å². The highest BCUT2D eigenvalue weighted by Crippen LogP contribution is 2.18. The van der Waals surface area contributed by atoms with E-state index in [-0.39, 0.29) is 17.6 Å². The zero-order chi connectivity index (χ0) is 17.1. The van der Waals surface area contributed by atoms with Crippen molar-refractivity contribution in [3.8, 4) is 0 Å². The van der Waals surface area contributed by atoms with Gasteiger partial charge in [0, 0.05) is 38.9 Å². The Morgan fingerprint density at radius 3 is 2.46 bits per heavy atom. The lowest BCUT2D eigenvalue weighted by molar-refractivity contribution is -0.134. The molecule has 130 valence electrons. The van der Waals surface area contributed by atoms with Gasteiger partial charge in [0.25, 0.3) is 5.91 Å². The van der Waals surface area contributed by atoms with E-state index in [1.807, 2.05) is 0 Å². The van der Waals surface area contributed by atoms with Crippen LogP contribution in [0.15, 0.2) is 18.2 Å². The van der Waals surface area contributed by atoms with Gasteiger partial charge in [0.05, 0.1) is 18.1 Å². The number of benzene rings is 1. The van der Waals surface area contributed by atoms with Crippen molar-refractivity contribution < 1.29 is 23.1 Å². The predicted octanol–water partition coefficient (Wildman–Crippen LogP) is 1.82. The van der Waals surface area contributed by atoms with Crippen LogP contribution in [0.25, 0.3) is 0 Å². The molecule has 2 aliphatic rings. The number of hydrogen-bond donors (Lipinski definition) is 0. The highest BCUT2D eigenvalue weighted by atomic mass is 19.1. The third kappa shape index (κ3) is 3.72. The van der Waals surface area contributed by atoms with Gasteiger partial charge < -0.3 is 14.5 Å². The van der Waals surface area contributed by atoms with Crippen LogP contribution in [0.2, 0.25) is 0 Å². The highest BCUT2D eigenvalue weighted by molar-refractivity contribution is 5.94. The lowest BCUT2D eigenvalue weighted by Crippen LogP contribution is -2.51. The second kappa shape index (κ2) is 7.25. The van der Waals surface area contributed by atoms with Gasteiger partial charge in [0.2, 0.25) is 5.91 Å². The molecule has 1 atom stereocenters. The number of amides is 2. The molecule has 3 rings (SSSR count). The van der Waals surface area contributed by atoms with E-state index in [9.17, 15) is 18.4 Å². The number of rotatable bonds is 3. The molecule has 1 aromatic carbocycles. The second-order valence-corrected chi connectivity index (χ2v) is 6.14. The summed E-state index contributed by atoms with van der Waals surface area (Å²) in [6.07, 6.45) is 2.28. The molecule has 2 heterocycles. The molecular weight excluding hydrogens is 318 g/mol. The fraction of sp³-hybridized carbons (Fsp3) is 0.529. The van der Waals surface area contributed by atoms with Gasteiger partial charge >= 0.3 is 0 Å². The van der Waals surface area contributed by atoms with E-state index in [0.717, 1.165) is 25.0 Å². The maximum atomic E-state index is 13.7. The fourth-order valence-corrected chi connectivity index (χ4v) is 3.12. The Hall–Kier alpha value is -2.02. The van der Waals surface area contributed by atoms with E-state index in [1.54, 1.807) is 4.90 Å². The molecule has 7 heteroatoms. The van der Waals surface area contributed by atoms with Crippen LogP contribution in [0.4, 0.5) is 8.78 Å². The zero-order valence-electron chi connectivity index (χ0n) is 13.3. The molecule has 0 bridgehead atoms. The van der Waals surface area contributed by atoms with E-state index >= 15 is 0 Å². The topological polar surface area (TPSA) is 49.9 Å². The van der Waals surface area contributed by atoms with Crippen LogP contribution < -0.4 is 0 Å². The fourth-order valence-electron chi connectivity index (χ4n) is 3.12. The Labute approximate surface area is 139 Å². The van der Waals surface area contributed by atoms with Crippen molar-refractivity contribution in [1.82, 2.24) is 9.80 Å². The molecule has 1 aromatic rings. The average Bonchev–Trinajstić information content (AvgIpc) is 3.07. The first kappa shape index (κ1) is 16.8. The molecule has 5 nitrogen and oxygen atoms in total. The van der Waals surface area contributed by atoms with Crippen molar-refractivity contribution in [2.45, 2.75) is 25.4 Å². The molecule has 0 saturated carbocycles. The van der Waals surface area contributed by atoms with Gasteiger partial charge in [-0.2, -0.15) is 0 Å². The van der Waals surface area contributed by atoms with Gasteiger partial charge in [-0.05, 0) is 25.0 Å². The number of ether oxygens (including phenoxy) is 1. The molecule has 2 amide bonds. The van der Waals surface area contributed by atoms with Crippen molar-refractivity contribution >= 4 is 11.8 Å². The van der Waals surface area contributed by atoms with Crippen molar-refractivity contribution in [3.63, 3.8) is 0 Å². The Kier molecular flexibility index (Phi) is 5.08. The van der Waals surface area contributed by atoms with Gasteiger partial charge in [-0.25, -0.2) is 8.78 Å². The van der Waals surface area contributed by atoms with Crippen LogP contribution in [-0.2, 0) is 9.53 Å². The van der Waals surface area contributed by atoms with Crippen LogP contribution in [-0.4, -0.2) is 60.5 Å². The Bertz CT molecular complexity index is 624. The molecule has 0 aliphatic carbocycles. The average molecular weight is 338 g/mol. The minimum absolute atomic E-state index is 0.00507. The molecule has 0 N–H and O–H groups in total. The third-order valence-corrected chi connectivity index (χ3v) is 4.51. The van der Waals surface area contributed by atoms with Crippen LogP contribution in [0.1, 0.15) is 29.6 Å². The maximum absolute atomic E-state index is 13.7. The van der Waals surface area contributed by atoms with E-state index in [1.165, 1.54) is 4.90 Å². The monoisotopic (exact) mass is 338 g/mol. The molecule has 2 aliphatic heterocycles. The summed E-state index contributed by atoms with van der Waals surface area (Å²) in [6.45, 7) is 2.23. The van der Waals surface area contributed by atoms with Gasteiger partial charge in [0.1, 0.15) is 11.6 Å². The van der Waals surface area contributed by atoms with E-state index in [2.05, 4.69) is 0 Å². The zero-order valence-corrected chi connectivity index (χ0v) is 13.3. The second-order valence-electron chi connectivity index (χ2n) is 6.14. The largest absolute Gasteiger partial charge is 0.378 e. The van der Waals surface area contributed by atoms with Crippen molar-refractivity contribution in [3.05, 3.63) is 35.4 Å². The molecule has 24 heavy (non-hydrogen) atoms. The summed E-state index contributed by atoms with van der Waals surface area (Å²) in [5.74, 6) is -2.02. The van der Waals surface area contributed by atoms with Gasteiger partial charge in [-0.3, -0.25) is 9.59 Å². The number of carbonyl (C=O) groups is 2. The molecule has 0 unspecified atom stereocenters. The standard InChI is InChI=1S/C17H20F2N2O3/c18-12-3-4-14(15(19)10-12)17(23)21-7-5-20(6-8-21)16(22)11-13-2-1-9-24-13/h3-4,10,13H,1-2,5-9,11H2/t13-/m0/s1. The maximum Gasteiger partial charge on any atom is 0.256 e. The number of nitrogens with zero attached hydrogens (tertiary/aromatic N) is 2. The Morgan fingerprint density at radius 1 is 1.12 bits per heavy atom. The van der Waals surface area contributed by atoms with Gasteiger partial charge in [-0.15, -0.1) is 0 Å². The summed E-state index contributed by atoms with van der Waals surface area (Å²) < 4.78 is 32.1. The Balaban J connectivity index is 1.54. The Morgan fingerprint density at radius 2 is 1.83 bits per heavy atom. The first-order chi connectivity index (χ1) is 11.5. The summed E-state index contributed by atoms with van der Waals surface area (Å²) in [7, 11) is 0. The van der Waals surface area contributed by atoms with Crippen molar-refractivity contribution in [2.24, 2.45) is 0 Å². The predicted molar refractivity (Wildman–Crippen MR) is 82.4 cm³/mol. The first-order valence-electron chi connectivity index (χ1n) is 8.18. The summed E-state index contributed by atoms with van der Waals surface area (Å²) in [5, 5.41) is 0. The number of piperazine rings is 1. The van der Waals surface area contributed by atoms with E-state index < -0.39 is 17.5 Å². The number of halogens is 2. The molecule has 2 fully saturated rings. The van der Waals surface area contributed by atoms with Gasteiger partial charge in [-0.1, -0.05) is 0 Å². The van der Waals surface area contributed by atoms with E-state index in [4.69, 9.17) is 4.74 Å². The van der Waals surface area contributed by atoms with E-state index in [0.29, 0.717) is 45.3 Å². The number of carbonyl (C=O) groups excluding carboxylic acids is 2. The molecule has 0 radical (unpaired) electrons. The summed E-state index contributed by atoms with van der Waals surface area (Å²) >= 11 is 0. The quantitative estimate of drug-likeness (QED) is 0.845. The molecule has 0 aromatic heterocycles. The molecule has 2 saturated heterocycles. The van der Waals surface area contributed by atoms with Crippen LogP contribution in [0.3, 0.4) is 0 Å². The summed E-state index contributed by atoms with van der Waals surface area (Å²) in [4.78, 5) is 27.8. The molecular formula is C17H20F2N2O3. The third-order valence-electron chi connectivity index (χ3n) is 4.51. The highest BCUT2D eigenvalue weighted by Gasteiger charge is 2.28. The summed E-state index contributed by atoms with van der Waals surface area (Å²) in [6, 6.07) is 2.92. The van der Waals surface area contributed by atoms with Crippen molar-refractivity contribution in [1.29, 1.82) is 0 Å². The SMILES string of the molecule is O=C(C[C@@H]1CCCO1)N1CCN(C(=O)c2ccc(F)cc2F)CC1. The number of hydrogen-bond acceptors (Lipinski definition) is 3. The molecule has 0 spiro atoms. The van der Waals surface area contributed by atoms with Crippen LogP contribution in [0.5, 0.6) is 0 Å². The lowest BCUT2D eigenvalue weighted by Gasteiger charge is -2.35. The minimum Gasteiger partial charge on any atom is -0.378 e. The lowest BCUT2D eigenvalue weighted by atomic mass is 10.1.